The van der Waals surface area contributed by atoms with Gasteiger partial charge in [-0.2, -0.15) is 0 Å². The van der Waals surface area contributed by atoms with E-state index in [9.17, 15) is 9.90 Å². The number of carboxylic acid groups (broad SMARTS) is 1. The van der Waals surface area contributed by atoms with Crippen LogP contribution < -0.4 is 0 Å². The van der Waals surface area contributed by atoms with Crippen LogP contribution in [0.25, 0.3) is 0 Å². The van der Waals surface area contributed by atoms with Crippen molar-refractivity contribution in [2.75, 3.05) is 6.54 Å². The quantitative estimate of drug-likeness (QED) is 0.935. The van der Waals surface area contributed by atoms with Crippen LogP contribution in [-0.4, -0.2) is 22.5 Å². The van der Waals surface area contributed by atoms with Crippen LogP contribution >= 0.6 is 22.9 Å². The van der Waals surface area contributed by atoms with Gasteiger partial charge in [0.1, 0.15) is 5.54 Å². The van der Waals surface area contributed by atoms with Gasteiger partial charge in [0.15, 0.2) is 0 Å². The van der Waals surface area contributed by atoms with Gasteiger partial charge in [0.05, 0.1) is 0 Å². The lowest BCUT2D eigenvalue weighted by Crippen LogP contribution is -2.51. The van der Waals surface area contributed by atoms with E-state index in [2.05, 4.69) is 11.4 Å². The molecule has 110 valence electrons. The highest BCUT2D eigenvalue weighted by molar-refractivity contribution is 7.10. The number of hydrogen-bond donors (Lipinski definition) is 1. The van der Waals surface area contributed by atoms with E-state index in [0.29, 0.717) is 17.1 Å². The number of thiophene rings is 1. The number of aliphatic carboxylic acids is 1. The van der Waals surface area contributed by atoms with Crippen LogP contribution in [0.1, 0.15) is 22.9 Å². The van der Waals surface area contributed by atoms with E-state index < -0.39 is 11.5 Å². The molecule has 2 heterocycles. The van der Waals surface area contributed by atoms with E-state index >= 15 is 0 Å². The van der Waals surface area contributed by atoms with E-state index in [4.69, 9.17) is 11.6 Å². The van der Waals surface area contributed by atoms with Crippen LogP contribution in [0.3, 0.4) is 0 Å². The van der Waals surface area contributed by atoms with Gasteiger partial charge in [0.2, 0.25) is 0 Å². The molecule has 2 aromatic rings. The number of hydrogen-bond acceptors (Lipinski definition) is 3. The Hall–Kier alpha value is -1.36. The lowest BCUT2D eigenvalue weighted by atomic mass is 9.88. The number of rotatable bonds is 3. The topological polar surface area (TPSA) is 40.5 Å². The zero-order valence-electron chi connectivity index (χ0n) is 11.7. The van der Waals surface area contributed by atoms with Crippen molar-refractivity contribution in [2.24, 2.45) is 0 Å². The zero-order valence-corrected chi connectivity index (χ0v) is 13.2. The van der Waals surface area contributed by atoms with Gasteiger partial charge in [0, 0.05) is 28.6 Å². The molecule has 0 unspecified atom stereocenters. The van der Waals surface area contributed by atoms with Crippen LogP contribution in [-0.2, 0) is 23.3 Å². The molecule has 1 N–H and O–H groups in total. The molecular formula is C16H16ClNO2S. The third-order valence-electron chi connectivity index (χ3n) is 4.25. The molecule has 3 nitrogen and oxygen atoms in total. The smallest absolute Gasteiger partial charge is 0.328 e. The van der Waals surface area contributed by atoms with Crippen molar-refractivity contribution in [1.29, 1.82) is 0 Å². The summed E-state index contributed by atoms with van der Waals surface area (Å²) in [4.78, 5) is 15.4. The summed E-state index contributed by atoms with van der Waals surface area (Å²) >= 11 is 8.01. The molecule has 1 atom stereocenters. The maximum Gasteiger partial charge on any atom is 0.328 e. The molecule has 0 spiro atoms. The second kappa shape index (κ2) is 5.44. The first-order chi connectivity index (χ1) is 10.0. The minimum atomic E-state index is -1.11. The lowest BCUT2D eigenvalue weighted by Gasteiger charge is -2.40. The first kappa shape index (κ1) is 14.6. The molecule has 0 amide bonds. The van der Waals surface area contributed by atoms with E-state index in [0.717, 1.165) is 13.0 Å². The Morgan fingerprint density at radius 3 is 2.86 bits per heavy atom. The van der Waals surface area contributed by atoms with Gasteiger partial charge in [-0.1, -0.05) is 29.8 Å². The number of benzene rings is 1. The van der Waals surface area contributed by atoms with Crippen molar-refractivity contribution < 1.29 is 9.90 Å². The first-order valence-electron chi connectivity index (χ1n) is 6.82. The largest absolute Gasteiger partial charge is 0.480 e. The average molecular weight is 322 g/mol. The highest BCUT2D eigenvalue weighted by Gasteiger charge is 2.43. The molecule has 1 aromatic heterocycles. The molecular weight excluding hydrogens is 306 g/mol. The Morgan fingerprint density at radius 2 is 2.14 bits per heavy atom. The fraction of sp³-hybridized carbons (Fsp3) is 0.312. The third-order valence-corrected chi connectivity index (χ3v) is 5.61. The predicted molar refractivity (Wildman–Crippen MR) is 84.9 cm³/mol. The average Bonchev–Trinajstić information content (AvgIpc) is 2.94. The van der Waals surface area contributed by atoms with Crippen LogP contribution in [0.15, 0.2) is 35.7 Å². The Labute approximate surface area is 132 Å². The van der Waals surface area contributed by atoms with Gasteiger partial charge in [-0.25, -0.2) is 4.79 Å². The summed E-state index contributed by atoms with van der Waals surface area (Å²) < 4.78 is 0. The molecule has 1 aromatic carbocycles. The maximum absolute atomic E-state index is 12.0. The molecule has 0 saturated heterocycles. The second-order valence-electron chi connectivity index (χ2n) is 5.40. The van der Waals surface area contributed by atoms with Crippen molar-refractivity contribution >= 4 is 28.9 Å². The molecule has 5 heteroatoms. The van der Waals surface area contributed by atoms with E-state index in [1.807, 2.05) is 17.0 Å². The van der Waals surface area contributed by atoms with Gasteiger partial charge in [-0.05, 0) is 36.4 Å². The van der Waals surface area contributed by atoms with Gasteiger partial charge < -0.3 is 5.11 Å². The summed E-state index contributed by atoms with van der Waals surface area (Å²) in [7, 11) is 0. The number of halogens is 1. The molecule has 0 fully saturated rings. The summed E-state index contributed by atoms with van der Waals surface area (Å²) in [6.07, 6.45) is 0.889. The normalized spacial score (nSPS) is 18.0. The maximum atomic E-state index is 12.0. The van der Waals surface area contributed by atoms with Crippen molar-refractivity contribution in [3.8, 4) is 0 Å². The highest BCUT2D eigenvalue weighted by Crippen LogP contribution is 2.37. The van der Waals surface area contributed by atoms with Gasteiger partial charge >= 0.3 is 5.97 Å². The molecule has 0 aliphatic carbocycles. The Morgan fingerprint density at radius 1 is 1.38 bits per heavy atom. The second-order valence-corrected chi connectivity index (χ2v) is 6.81. The van der Waals surface area contributed by atoms with E-state index in [1.54, 1.807) is 30.4 Å². The minimum absolute atomic E-state index is 0.499. The molecule has 1 aliphatic heterocycles. The van der Waals surface area contributed by atoms with Crippen LogP contribution in [0.2, 0.25) is 5.02 Å². The minimum Gasteiger partial charge on any atom is -0.480 e. The summed E-state index contributed by atoms with van der Waals surface area (Å²) in [5, 5.41) is 12.4. The summed E-state index contributed by atoms with van der Waals surface area (Å²) in [5.74, 6) is -0.866. The van der Waals surface area contributed by atoms with Crippen molar-refractivity contribution in [3.05, 3.63) is 56.7 Å². The standard InChI is InChI=1S/C16H16ClNO2S/c1-16(15(19)20,12-4-2-3-5-13(12)17)18-8-6-14-11(10-18)7-9-21-14/h2-5,7,9H,6,8,10H2,1H3,(H,19,20)/t16-/m0/s1. The molecule has 0 saturated carbocycles. The SMILES string of the molecule is C[C@@](C(=O)O)(c1ccccc1Cl)N1CCc2sccc2C1. The van der Waals surface area contributed by atoms with Gasteiger partial charge in [0.25, 0.3) is 0 Å². The van der Waals surface area contributed by atoms with Crippen LogP contribution in [0.4, 0.5) is 0 Å². The Balaban J connectivity index is 2.03. The number of fused-ring (bicyclic) bond motifs is 1. The molecule has 0 radical (unpaired) electrons. The summed E-state index contributed by atoms with van der Waals surface area (Å²) in [6, 6.07) is 9.29. The number of nitrogens with zero attached hydrogens (tertiary/aromatic N) is 1. The molecule has 1 aliphatic rings. The van der Waals surface area contributed by atoms with Crippen LogP contribution in [0, 0.1) is 0 Å². The van der Waals surface area contributed by atoms with Gasteiger partial charge in [-0.3, -0.25) is 4.90 Å². The lowest BCUT2D eigenvalue weighted by molar-refractivity contribution is -0.152. The van der Waals surface area contributed by atoms with Gasteiger partial charge in [-0.15, -0.1) is 11.3 Å². The highest BCUT2D eigenvalue weighted by atomic mass is 35.5. The van der Waals surface area contributed by atoms with Crippen molar-refractivity contribution in [3.63, 3.8) is 0 Å². The van der Waals surface area contributed by atoms with Crippen molar-refractivity contribution in [1.82, 2.24) is 4.90 Å². The van der Waals surface area contributed by atoms with Crippen molar-refractivity contribution in [2.45, 2.75) is 25.4 Å². The Bertz CT molecular complexity index is 684. The summed E-state index contributed by atoms with van der Waals surface area (Å²) in [6.45, 7) is 3.11. The molecule has 3 rings (SSSR count). The first-order valence-corrected chi connectivity index (χ1v) is 8.08. The molecule has 21 heavy (non-hydrogen) atoms. The third kappa shape index (κ3) is 2.37. The monoisotopic (exact) mass is 321 g/mol. The number of carbonyl (C=O) groups is 1. The fourth-order valence-corrected chi connectivity index (χ4v) is 4.12. The van der Waals surface area contributed by atoms with E-state index in [-0.39, 0.29) is 0 Å². The molecule has 0 bridgehead atoms. The Kier molecular flexibility index (Phi) is 3.78. The predicted octanol–water partition coefficient (Wildman–Crippen LogP) is 3.76. The summed E-state index contributed by atoms with van der Waals surface area (Å²) in [5.41, 5.74) is 0.765. The van der Waals surface area contributed by atoms with E-state index in [1.165, 1.54) is 10.4 Å². The number of carboxylic acids is 1. The van der Waals surface area contributed by atoms with Crippen LogP contribution in [0.5, 0.6) is 0 Å². The zero-order chi connectivity index (χ0) is 15.0. The fourth-order valence-electron chi connectivity index (χ4n) is 2.91.